The van der Waals surface area contributed by atoms with E-state index in [2.05, 4.69) is 29.8 Å². The van der Waals surface area contributed by atoms with Crippen molar-refractivity contribution in [3.8, 4) is 6.01 Å². The second-order valence-electron chi connectivity index (χ2n) is 6.00. The first-order chi connectivity index (χ1) is 11.7. The smallest absolute Gasteiger partial charge is 0.316 e. The van der Waals surface area contributed by atoms with Crippen molar-refractivity contribution in [2.75, 3.05) is 18.0 Å². The Hall–Kier alpha value is -2.83. The SMILES string of the molecule is Cc1cnc(OC2CCN(c3nc(C)nc4cnccc34)C2)nc1. The molecule has 0 N–H and O–H groups in total. The van der Waals surface area contributed by atoms with Crippen molar-refractivity contribution in [3.05, 3.63) is 42.2 Å². The zero-order valence-electron chi connectivity index (χ0n) is 13.7. The Balaban J connectivity index is 1.55. The predicted octanol–water partition coefficient (Wildman–Crippen LogP) is 2.09. The van der Waals surface area contributed by atoms with Gasteiger partial charge in [-0.05, 0) is 25.5 Å². The van der Waals surface area contributed by atoms with Gasteiger partial charge in [0.2, 0.25) is 0 Å². The first-order valence-corrected chi connectivity index (χ1v) is 7.97. The number of hydrogen-bond donors (Lipinski definition) is 0. The van der Waals surface area contributed by atoms with E-state index in [1.54, 1.807) is 24.8 Å². The quantitative estimate of drug-likeness (QED) is 0.730. The third kappa shape index (κ3) is 2.84. The summed E-state index contributed by atoms with van der Waals surface area (Å²) >= 11 is 0. The van der Waals surface area contributed by atoms with Crippen molar-refractivity contribution in [2.45, 2.75) is 26.4 Å². The molecule has 7 heteroatoms. The lowest BCUT2D eigenvalue weighted by atomic mass is 10.2. The molecule has 7 nitrogen and oxygen atoms in total. The van der Waals surface area contributed by atoms with E-state index in [0.29, 0.717) is 6.01 Å². The van der Waals surface area contributed by atoms with Crippen molar-refractivity contribution in [2.24, 2.45) is 0 Å². The maximum atomic E-state index is 5.90. The van der Waals surface area contributed by atoms with E-state index in [1.165, 1.54) is 0 Å². The Bertz CT molecular complexity index is 867. The summed E-state index contributed by atoms with van der Waals surface area (Å²) in [5.74, 6) is 1.69. The molecule has 3 aromatic rings. The van der Waals surface area contributed by atoms with Crippen molar-refractivity contribution >= 4 is 16.7 Å². The van der Waals surface area contributed by atoms with Crippen LogP contribution in [-0.2, 0) is 0 Å². The molecule has 24 heavy (non-hydrogen) atoms. The van der Waals surface area contributed by atoms with Gasteiger partial charge in [-0.2, -0.15) is 0 Å². The van der Waals surface area contributed by atoms with Gasteiger partial charge < -0.3 is 9.64 Å². The number of hydrogen-bond acceptors (Lipinski definition) is 7. The van der Waals surface area contributed by atoms with Gasteiger partial charge >= 0.3 is 6.01 Å². The van der Waals surface area contributed by atoms with Crippen LogP contribution in [0.2, 0.25) is 0 Å². The van der Waals surface area contributed by atoms with Crippen LogP contribution in [0.5, 0.6) is 6.01 Å². The number of rotatable bonds is 3. The fraction of sp³-hybridized carbons (Fsp3) is 0.353. The summed E-state index contributed by atoms with van der Waals surface area (Å²) in [4.78, 5) is 23.9. The maximum Gasteiger partial charge on any atom is 0.316 e. The molecule has 0 aromatic carbocycles. The van der Waals surface area contributed by atoms with Gasteiger partial charge in [0.15, 0.2) is 0 Å². The number of ether oxygens (including phenoxy) is 1. The average Bonchev–Trinajstić information content (AvgIpc) is 3.04. The maximum absolute atomic E-state index is 5.90. The highest BCUT2D eigenvalue weighted by atomic mass is 16.5. The number of aromatic nitrogens is 5. The molecule has 0 saturated carbocycles. The van der Waals surface area contributed by atoms with E-state index in [1.807, 2.05) is 19.9 Å². The van der Waals surface area contributed by atoms with Gasteiger partial charge in [-0.1, -0.05) is 0 Å². The molecular weight excluding hydrogens is 304 g/mol. The van der Waals surface area contributed by atoms with Gasteiger partial charge in [-0.15, -0.1) is 0 Å². The molecule has 4 rings (SSSR count). The first kappa shape index (κ1) is 14.7. The molecule has 0 spiro atoms. The number of anilines is 1. The van der Waals surface area contributed by atoms with E-state index in [0.717, 1.165) is 47.6 Å². The van der Waals surface area contributed by atoms with E-state index < -0.39 is 0 Å². The topological polar surface area (TPSA) is 76.9 Å². The van der Waals surface area contributed by atoms with Crippen molar-refractivity contribution < 1.29 is 4.74 Å². The lowest BCUT2D eigenvalue weighted by Crippen LogP contribution is -2.26. The molecule has 4 heterocycles. The molecule has 0 radical (unpaired) electrons. The predicted molar refractivity (Wildman–Crippen MR) is 90.1 cm³/mol. The minimum atomic E-state index is 0.0554. The Labute approximate surface area is 139 Å². The van der Waals surface area contributed by atoms with Crippen LogP contribution in [0.1, 0.15) is 17.8 Å². The highest BCUT2D eigenvalue weighted by Gasteiger charge is 2.27. The molecule has 0 bridgehead atoms. The lowest BCUT2D eigenvalue weighted by molar-refractivity contribution is 0.206. The molecule has 0 amide bonds. The molecule has 1 aliphatic rings. The molecule has 1 fully saturated rings. The van der Waals surface area contributed by atoms with Crippen molar-refractivity contribution in [1.29, 1.82) is 0 Å². The minimum absolute atomic E-state index is 0.0554. The van der Waals surface area contributed by atoms with Crippen LogP contribution in [0.4, 0.5) is 5.82 Å². The standard InChI is InChI=1S/C17H18N6O/c1-11-7-19-17(20-8-11)24-13-4-6-23(10-13)16-14-3-5-18-9-15(14)21-12(2)22-16/h3,5,7-9,13H,4,6,10H2,1-2H3. The fourth-order valence-corrected chi connectivity index (χ4v) is 2.93. The van der Waals surface area contributed by atoms with E-state index in [9.17, 15) is 0 Å². The van der Waals surface area contributed by atoms with Gasteiger partial charge in [0, 0.05) is 36.9 Å². The number of fused-ring (bicyclic) bond motifs is 1. The molecule has 1 saturated heterocycles. The normalized spacial score (nSPS) is 17.4. The van der Waals surface area contributed by atoms with Gasteiger partial charge in [0.1, 0.15) is 17.7 Å². The van der Waals surface area contributed by atoms with Gasteiger partial charge in [0.25, 0.3) is 0 Å². The zero-order chi connectivity index (χ0) is 16.5. The first-order valence-electron chi connectivity index (χ1n) is 7.97. The second-order valence-corrected chi connectivity index (χ2v) is 6.00. The van der Waals surface area contributed by atoms with E-state index >= 15 is 0 Å². The van der Waals surface area contributed by atoms with Crippen molar-refractivity contribution in [1.82, 2.24) is 24.9 Å². The van der Waals surface area contributed by atoms with Crippen LogP contribution in [0, 0.1) is 13.8 Å². The molecular formula is C17H18N6O. The van der Waals surface area contributed by atoms with Crippen LogP contribution in [0.25, 0.3) is 10.9 Å². The van der Waals surface area contributed by atoms with Gasteiger partial charge in [-0.3, -0.25) is 4.98 Å². The molecule has 3 aromatic heterocycles. The van der Waals surface area contributed by atoms with Gasteiger partial charge in [-0.25, -0.2) is 19.9 Å². The highest BCUT2D eigenvalue weighted by molar-refractivity contribution is 5.88. The molecule has 122 valence electrons. The summed E-state index contributed by atoms with van der Waals surface area (Å²) in [7, 11) is 0. The van der Waals surface area contributed by atoms with Crippen LogP contribution in [0.15, 0.2) is 30.9 Å². The Morgan fingerprint density at radius 1 is 1.12 bits per heavy atom. The number of nitrogens with zero attached hydrogens (tertiary/aromatic N) is 6. The van der Waals surface area contributed by atoms with Gasteiger partial charge in [0.05, 0.1) is 18.3 Å². The average molecular weight is 322 g/mol. The lowest BCUT2D eigenvalue weighted by Gasteiger charge is -2.19. The third-order valence-corrected chi connectivity index (χ3v) is 4.06. The summed E-state index contributed by atoms with van der Waals surface area (Å²) in [6, 6.07) is 2.39. The highest BCUT2D eigenvalue weighted by Crippen LogP contribution is 2.27. The summed E-state index contributed by atoms with van der Waals surface area (Å²) in [6.45, 7) is 5.49. The molecule has 1 aliphatic heterocycles. The van der Waals surface area contributed by atoms with E-state index in [4.69, 9.17) is 4.74 Å². The fourth-order valence-electron chi connectivity index (χ4n) is 2.93. The van der Waals surface area contributed by atoms with Crippen LogP contribution in [0.3, 0.4) is 0 Å². The summed E-state index contributed by atoms with van der Waals surface area (Å²) in [6.07, 6.45) is 8.05. The molecule has 0 aliphatic carbocycles. The molecule has 1 atom stereocenters. The summed E-state index contributed by atoms with van der Waals surface area (Å²) in [5.41, 5.74) is 1.89. The largest absolute Gasteiger partial charge is 0.458 e. The summed E-state index contributed by atoms with van der Waals surface area (Å²) in [5, 5.41) is 1.02. The Morgan fingerprint density at radius 2 is 1.96 bits per heavy atom. The number of pyridine rings is 1. The van der Waals surface area contributed by atoms with Crippen LogP contribution >= 0.6 is 0 Å². The second kappa shape index (κ2) is 5.99. The molecule has 1 unspecified atom stereocenters. The monoisotopic (exact) mass is 322 g/mol. The van der Waals surface area contributed by atoms with Crippen LogP contribution in [-0.4, -0.2) is 44.1 Å². The van der Waals surface area contributed by atoms with E-state index in [-0.39, 0.29) is 6.10 Å². The zero-order valence-corrected chi connectivity index (χ0v) is 13.7. The Morgan fingerprint density at radius 3 is 2.79 bits per heavy atom. The van der Waals surface area contributed by atoms with Crippen molar-refractivity contribution in [3.63, 3.8) is 0 Å². The number of aryl methyl sites for hydroxylation is 2. The minimum Gasteiger partial charge on any atom is -0.458 e. The third-order valence-electron chi connectivity index (χ3n) is 4.06. The Kier molecular flexibility index (Phi) is 3.68. The summed E-state index contributed by atoms with van der Waals surface area (Å²) < 4.78 is 5.90. The van der Waals surface area contributed by atoms with Crippen LogP contribution < -0.4 is 9.64 Å².